The summed E-state index contributed by atoms with van der Waals surface area (Å²) in [5.41, 5.74) is 1.53. The van der Waals surface area contributed by atoms with Crippen LogP contribution >= 0.6 is 23.2 Å². The first-order valence-corrected chi connectivity index (χ1v) is 12.7. The molecule has 3 aromatic rings. The van der Waals surface area contributed by atoms with E-state index in [1.807, 2.05) is 42.5 Å². The quantitative estimate of drug-likeness (QED) is 0.346. The lowest BCUT2D eigenvalue weighted by Crippen LogP contribution is -2.55. The van der Waals surface area contributed by atoms with E-state index in [2.05, 4.69) is 10.2 Å². The number of hydrogen-bond acceptors (Lipinski definition) is 5. The van der Waals surface area contributed by atoms with Crippen molar-refractivity contribution in [2.24, 2.45) is 0 Å². The van der Waals surface area contributed by atoms with E-state index in [9.17, 15) is 14.9 Å². The van der Waals surface area contributed by atoms with Crippen molar-refractivity contribution in [3.63, 3.8) is 0 Å². The number of ether oxygens (including phenoxy) is 1. The number of amides is 1. The predicted molar refractivity (Wildman–Crippen MR) is 137 cm³/mol. The Morgan fingerprint density at radius 1 is 1.08 bits per heavy atom. The molecule has 3 aliphatic heterocycles. The largest absolute Gasteiger partial charge is 0.487 e. The lowest BCUT2D eigenvalue weighted by Gasteiger charge is -2.32. The minimum atomic E-state index is -1.35. The molecule has 3 aromatic carbocycles. The zero-order valence-electron chi connectivity index (χ0n) is 19.2. The molecule has 3 heterocycles. The van der Waals surface area contributed by atoms with Crippen LogP contribution in [0.25, 0.3) is 0 Å². The van der Waals surface area contributed by atoms with Crippen LogP contribution in [0.1, 0.15) is 35.4 Å². The monoisotopic (exact) mass is 523 g/mol. The summed E-state index contributed by atoms with van der Waals surface area (Å²) < 4.78 is 5.91. The Bertz CT molecular complexity index is 1380. The van der Waals surface area contributed by atoms with Crippen molar-refractivity contribution in [2.75, 3.05) is 11.9 Å². The molecule has 3 aliphatic rings. The molecule has 4 atom stereocenters. The van der Waals surface area contributed by atoms with Gasteiger partial charge in [-0.15, -0.1) is 0 Å². The van der Waals surface area contributed by atoms with Crippen LogP contribution in [0.4, 0.5) is 5.69 Å². The summed E-state index contributed by atoms with van der Waals surface area (Å²) in [6.45, 7) is 0.871. The minimum absolute atomic E-state index is 0.150. The minimum Gasteiger partial charge on any atom is -0.487 e. The molecule has 7 nitrogen and oxygen atoms in total. The van der Waals surface area contributed by atoms with Crippen LogP contribution in [-0.4, -0.2) is 34.4 Å². The summed E-state index contributed by atoms with van der Waals surface area (Å²) in [7, 11) is 0. The summed E-state index contributed by atoms with van der Waals surface area (Å²) in [5, 5.41) is 16.6. The first kappa shape index (κ1) is 23.3. The number of rotatable bonds is 5. The SMILES string of the molecule is O=C1Nc2ccccc2[C@]12[C@H]([N+](=O)[O-])[C@H](c1ccc(OCc3ccccc3Cl)c(Cl)c1)[C@H]1CCCN12. The van der Waals surface area contributed by atoms with Crippen LogP contribution in [0.15, 0.2) is 66.7 Å². The van der Waals surface area contributed by atoms with Crippen LogP contribution in [0.5, 0.6) is 5.75 Å². The van der Waals surface area contributed by atoms with Gasteiger partial charge in [-0.25, -0.2) is 0 Å². The van der Waals surface area contributed by atoms with Crippen LogP contribution < -0.4 is 10.1 Å². The van der Waals surface area contributed by atoms with Gasteiger partial charge in [0, 0.05) is 39.3 Å². The number of para-hydroxylation sites is 1. The third-order valence-electron chi connectivity index (χ3n) is 7.78. The molecule has 1 N–H and O–H groups in total. The van der Waals surface area contributed by atoms with E-state index in [1.165, 1.54) is 0 Å². The van der Waals surface area contributed by atoms with Crippen LogP contribution in [0, 0.1) is 10.1 Å². The van der Waals surface area contributed by atoms with Crippen molar-refractivity contribution in [1.82, 2.24) is 4.90 Å². The molecule has 0 radical (unpaired) electrons. The Morgan fingerprint density at radius 2 is 1.86 bits per heavy atom. The maximum Gasteiger partial charge on any atom is 0.256 e. The highest BCUT2D eigenvalue weighted by Gasteiger charge is 2.73. The summed E-state index contributed by atoms with van der Waals surface area (Å²) in [6, 6.07) is 18.7. The zero-order chi connectivity index (χ0) is 25.0. The van der Waals surface area contributed by atoms with E-state index in [0.29, 0.717) is 33.6 Å². The number of nitrogens with zero attached hydrogens (tertiary/aromatic N) is 2. The van der Waals surface area contributed by atoms with E-state index in [1.54, 1.807) is 24.3 Å². The first-order chi connectivity index (χ1) is 17.4. The standard InChI is InChI=1S/C27H23Cl2N3O4/c28-19-8-3-1-6-17(19)15-36-23-12-11-16(14-20(23)29)24-22-10-5-13-31(22)27(25(24)32(34)35)18-7-2-4-9-21(18)30-26(27)33/h1-4,6-9,11-12,14,22,24-25H,5,10,13,15H2,(H,30,33)/t22-,24-,25-,27+/m1/s1. The zero-order valence-corrected chi connectivity index (χ0v) is 20.7. The molecule has 36 heavy (non-hydrogen) atoms. The molecule has 184 valence electrons. The number of benzene rings is 3. The van der Waals surface area contributed by atoms with Gasteiger partial charge in [0.1, 0.15) is 12.4 Å². The van der Waals surface area contributed by atoms with Gasteiger partial charge >= 0.3 is 0 Å². The second-order valence-electron chi connectivity index (χ2n) is 9.49. The van der Waals surface area contributed by atoms with Crippen LogP contribution in [-0.2, 0) is 16.9 Å². The summed E-state index contributed by atoms with van der Waals surface area (Å²) in [6.07, 6.45) is 1.64. The van der Waals surface area contributed by atoms with Gasteiger partial charge < -0.3 is 10.1 Å². The average molecular weight is 524 g/mol. The fourth-order valence-electron chi connectivity index (χ4n) is 6.39. The van der Waals surface area contributed by atoms with Crippen molar-refractivity contribution in [3.05, 3.63) is 104 Å². The fraction of sp³-hybridized carbons (Fsp3) is 0.296. The van der Waals surface area contributed by atoms with E-state index in [0.717, 1.165) is 24.0 Å². The Balaban J connectivity index is 1.38. The molecule has 0 unspecified atom stereocenters. The molecular weight excluding hydrogens is 501 g/mol. The summed E-state index contributed by atoms with van der Waals surface area (Å²) in [4.78, 5) is 28.0. The number of fused-ring (bicyclic) bond motifs is 4. The van der Waals surface area contributed by atoms with E-state index >= 15 is 0 Å². The number of carbonyl (C=O) groups excluding carboxylic acids is 1. The van der Waals surface area contributed by atoms with Crippen LogP contribution in [0.2, 0.25) is 10.0 Å². The smallest absolute Gasteiger partial charge is 0.256 e. The van der Waals surface area contributed by atoms with Gasteiger partial charge in [0.2, 0.25) is 0 Å². The lowest BCUT2D eigenvalue weighted by atomic mass is 9.77. The second kappa shape index (κ2) is 8.76. The van der Waals surface area contributed by atoms with Gasteiger partial charge in [-0.05, 0) is 42.7 Å². The third kappa shape index (κ3) is 3.34. The summed E-state index contributed by atoms with van der Waals surface area (Å²) in [5.74, 6) is -0.363. The van der Waals surface area contributed by atoms with Crippen LogP contribution in [0.3, 0.4) is 0 Å². The van der Waals surface area contributed by atoms with Gasteiger partial charge in [-0.1, -0.05) is 65.7 Å². The van der Waals surface area contributed by atoms with Crippen molar-refractivity contribution in [3.8, 4) is 5.75 Å². The average Bonchev–Trinajstić information content (AvgIpc) is 3.52. The molecule has 0 bridgehead atoms. The molecule has 9 heteroatoms. The molecule has 0 aliphatic carbocycles. The van der Waals surface area contributed by atoms with Crippen molar-refractivity contribution < 1.29 is 14.5 Å². The Labute approximate surface area is 218 Å². The van der Waals surface area contributed by atoms with Gasteiger partial charge in [-0.3, -0.25) is 19.8 Å². The van der Waals surface area contributed by atoms with Crippen molar-refractivity contribution in [2.45, 2.75) is 43.0 Å². The van der Waals surface area contributed by atoms with Crippen molar-refractivity contribution in [1.29, 1.82) is 0 Å². The molecule has 2 saturated heterocycles. The van der Waals surface area contributed by atoms with Crippen molar-refractivity contribution >= 4 is 34.8 Å². The van der Waals surface area contributed by atoms with Gasteiger partial charge in [0.25, 0.3) is 11.9 Å². The molecular formula is C27H23Cl2N3O4. The normalized spacial score (nSPS) is 26.6. The van der Waals surface area contributed by atoms with E-state index in [-0.39, 0.29) is 23.5 Å². The van der Waals surface area contributed by atoms with E-state index in [4.69, 9.17) is 27.9 Å². The number of carbonyl (C=O) groups is 1. The Kier molecular flexibility index (Phi) is 5.67. The topological polar surface area (TPSA) is 84.7 Å². The van der Waals surface area contributed by atoms with Gasteiger partial charge in [-0.2, -0.15) is 0 Å². The second-order valence-corrected chi connectivity index (χ2v) is 10.3. The highest BCUT2D eigenvalue weighted by molar-refractivity contribution is 6.32. The molecule has 1 spiro atoms. The Morgan fingerprint density at radius 3 is 2.64 bits per heavy atom. The molecule has 6 rings (SSSR count). The Hall–Kier alpha value is -3.13. The number of hydrogen-bond donors (Lipinski definition) is 1. The number of nitro groups is 1. The molecule has 0 aromatic heterocycles. The number of nitrogens with one attached hydrogen (secondary N) is 1. The number of halogens is 2. The fourth-order valence-corrected chi connectivity index (χ4v) is 6.82. The van der Waals surface area contributed by atoms with E-state index < -0.39 is 17.5 Å². The maximum atomic E-state index is 13.5. The molecule has 2 fully saturated rings. The van der Waals surface area contributed by atoms with Gasteiger partial charge in [0.05, 0.1) is 10.9 Å². The lowest BCUT2D eigenvalue weighted by molar-refractivity contribution is -0.534. The summed E-state index contributed by atoms with van der Waals surface area (Å²) >= 11 is 12.9. The number of anilines is 1. The maximum absolute atomic E-state index is 13.5. The molecule has 1 amide bonds. The third-order valence-corrected chi connectivity index (χ3v) is 8.44. The molecule has 0 saturated carbocycles. The van der Waals surface area contributed by atoms with Gasteiger partial charge in [0.15, 0.2) is 5.54 Å². The highest BCUT2D eigenvalue weighted by Crippen LogP contribution is 2.58. The predicted octanol–water partition coefficient (Wildman–Crippen LogP) is 5.63. The highest BCUT2D eigenvalue weighted by atomic mass is 35.5. The first-order valence-electron chi connectivity index (χ1n) is 11.9.